The van der Waals surface area contributed by atoms with E-state index in [-0.39, 0.29) is 17.5 Å². The minimum Gasteiger partial charge on any atom is -0.459 e. The Morgan fingerprint density at radius 3 is 2.05 bits per heavy atom. The number of carbonyl (C=O) groups excluding carboxylic acids is 3. The highest BCUT2D eigenvalue weighted by Gasteiger charge is 2.17. The zero-order chi connectivity index (χ0) is 16.0. The van der Waals surface area contributed by atoms with Gasteiger partial charge in [0.05, 0.1) is 6.10 Å². The Bertz CT molecular complexity index is 567. The Kier molecular flexibility index (Phi) is 5.84. The summed E-state index contributed by atoms with van der Waals surface area (Å²) in [7, 11) is 0. The van der Waals surface area contributed by atoms with Gasteiger partial charge >= 0.3 is 11.9 Å². The third-order valence-corrected chi connectivity index (χ3v) is 2.39. The maximum Gasteiger partial charge on any atom is 0.342 e. The largest absolute Gasteiger partial charge is 0.459 e. The average molecular weight is 290 g/mol. The van der Waals surface area contributed by atoms with Gasteiger partial charge in [-0.1, -0.05) is 12.1 Å². The fraction of sp³-hybridized carbons (Fsp3) is 0.312. The lowest BCUT2D eigenvalue weighted by Gasteiger charge is -2.09. The van der Waals surface area contributed by atoms with Crippen molar-refractivity contribution in [3.63, 3.8) is 0 Å². The monoisotopic (exact) mass is 290 g/mol. The van der Waals surface area contributed by atoms with Crippen LogP contribution in [0.3, 0.4) is 0 Å². The molecule has 0 aromatic heterocycles. The third-order valence-electron chi connectivity index (χ3n) is 2.39. The highest BCUT2D eigenvalue weighted by Crippen LogP contribution is 2.16. The van der Waals surface area contributed by atoms with Crippen LogP contribution in [0.25, 0.3) is 6.08 Å². The molecular weight excluding hydrogens is 272 g/mol. The van der Waals surface area contributed by atoms with Crippen LogP contribution in [0.15, 0.2) is 29.8 Å². The standard InChI is InChI=1S/C16H18O5/c1-10(2)20-16(19)15(11(3)17)9-13-5-7-14(8-6-13)21-12(4)18/h5-10H,1-4H3/b15-9-. The van der Waals surface area contributed by atoms with E-state index in [2.05, 4.69) is 0 Å². The summed E-state index contributed by atoms with van der Waals surface area (Å²) < 4.78 is 9.93. The summed E-state index contributed by atoms with van der Waals surface area (Å²) in [5, 5.41) is 0. The summed E-state index contributed by atoms with van der Waals surface area (Å²) in [6.07, 6.45) is 1.15. The molecule has 0 spiro atoms. The molecule has 21 heavy (non-hydrogen) atoms. The number of hydrogen-bond donors (Lipinski definition) is 0. The van der Waals surface area contributed by atoms with Crippen molar-refractivity contribution in [2.75, 3.05) is 0 Å². The Balaban J connectivity index is 2.98. The number of carbonyl (C=O) groups is 3. The molecule has 0 aliphatic heterocycles. The fourth-order valence-electron chi connectivity index (χ4n) is 1.55. The molecule has 5 nitrogen and oxygen atoms in total. The highest BCUT2D eigenvalue weighted by molar-refractivity contribution is 6.19. The predicted molar refractivity (Wildman–Crippen MR) is 77.6 cm³/mol. The predicted octanol–water partition coefficient (Wildman–Crippen LogP) is 2.54. The highest BCUT2D eigenvalue weighted by atomic mass is 16.5. The van der Waals surface area contributed by atoms with Gasteiger partial charge in [-0.25, -0.2) is 4.79 Å². The van der Waals surface area contributed by atoms with Crippen molar-refractivity contribution < 1.29 is 23.9 Å². The Hall–Kier alpha value is -2.43. The number of rotatable bonds is 5. The number of ketones is 1. The van der Waals surface area contributed by atoms with Crippen molar-refractivity contribution in [3.8, 4) is 5.75 Å². The molecule has 5 heteroatoms. The zero-order valence-electron chi connectivity index (χ0n) is 12.5. The van der Waals surface area contributed by atoms with Gasteiger partial charge in [0.1, 0.15) is 11.3 Å². The Labute approximate surface area is 123 Å². The van der Waals surface area contributed by atoms with E-state index in [0.29, 0.717) is 11.3 Å². The molecule has 0 N–H and O–H groups in total. The second kappa shape index (κ2) is 7.38. The molecule has 0 atom stereocenters. The summed E-state index contributed by atoms with van der Waals surface area (Å²) in [5.41, 5.74) is 0.612. The van der Waals surface area contributed by atoms with Crippen LogP contribution >= 0.6 is 0 Å². The minimum atomic E-state index is -0.651. The van der Waals surface area contributed by atoms with Crippen molar-refractivity contribution in [1.82, 2.24) is 0 Å². The molecule has 1 aromatic rings. The lowest BCUT2D eigenvalue weighted by Crippen LogP contribution is -2.17. The van der Waals surface area contributed by atoms with Crippen LogP contribution in [0.5, 0.6) is 5.75 Å². The van der Waals surface area contributed by atoms with Gasteiger partial charge in [0.2, 0.25) is 0 Å². The zero-order valence-corrected chi connectivity index (χ0v) is 12.5. The first-order valence-corrected chi connectivity index (χ1v) is 6.51. The third kappa shape index (κ3) is 5.60. The van der Waals surface area contributed by atoms with Crippen LogP contribution in [0.4, 0.5) is 0 Å². The Morgan fingerprint density at radius 1 is 1.05 bits per heavy atom. The average Bonchev–Trinajstić information content (AvgIpc) is 2.35. The molecule has 0 saturated carbocycles. The molecule has 0 unspecified atom stereocenters. The molecule has 0 radical (unpaired) electrons. The molecule has 112 valence electrons. The van der Waals surface area contributed by atoms with E-state index in [0.717, 1.165) is 0 Å². The molecule has 0 heterocycles. The van der Waals surface area contributed by atoms with E-state index in [4.69, 9.17) is 9.47 Å². The smallest absolute Gasteiger partial charge is 0.342 e. The molecule has 0 fully saturated rings. The number of Topliss-reactive ketones (excluding diaryl/α,β-unsaturated/α-hetero) is 1. The lowest BCUT2D eigenvalue weighted by molar-refractivity contribution is -0.143. The molecule has 0 amide bonds. The minimum absolute atomic E-state index is 0.0241. The van der Waals surface area contributed by atoms with Gasteiger partial charge in [-0.3, -0.25) is 9.59 Å². The van der Waals surface area contributed by atoms with Gasteiger partial charge in [-0.2, -0.15) is 0 Å². The Morgan fingerprint density at radius 2 is 1.62 bits per heavy atom. The van der Waals surface area contributed by atoms with E-state index in [9.17, 15) is 14.4 Å². The summed E-state index contributed by atoms with van der Waals surface area (Å²) in [6, 6.07) is 6.45. The van der Waals surface area contributed by atoms with E-state index in [1.165, 1.54) is 19.9 Å². The van der Waals surface area contributed by atoms with Crippen LogP contribution in [0, 0.1) is 0 Å². The van der Waals surface area contributed by atoms with Gasteiger partial charge in [0.15, 0.2) is 5.78 Å². The summed E-state index contributed by atoms with van der Waals surface area (Å²) in [4.78, 5) is 34.2. The van der Waals surface area contributed by atoms with E-state index in [1.54, 1.807) is 38.1 Å². The van der Waals surface area contributed by atoms with Gasteiger partial charge in [0.25, 0.3) is 0 Å². The van der Waals surface area contributed by atoms with Crippen LogP contribution < -0.4 is 4.74 Å². The number of ether oxygens (including phenoxy) is 2. The molecule has 1 rings (SSSR count). The van der Waals surface area contributed by atoms with Crippen molar-refractivity contribution >= 4 is 23.8 Å². The van der Waals surface area contributed by atoms with Crippen LogP contribution in [-0.2, 0) is 19.1 Å². The molecule has 0 saturated heterocycles. The first kappa shape index (κ1) is 16.6. The normalized spacial score (nSPS) is 11.2. The van der Waals surface area contributed by atoms with Crippen molar-refractivity contribution in [2.24, 2.45) is 0 Å². The van der Waals surface area contributed by atoms with Gasteiger partial charge in [-0.05, 0) is 44.5 Å². The van der Waals surface area contributed by atoms with Crippen molar-refractivity contribution in [1.29, 1.82) is 0 Å². The topological polar surface area (TPSA) is 69.7 Å². The van der Waals surface area contributed by atoms with E-state index < -0.39 is 11.9 Å². The van der Waals surface area contributed by atoms with Gasteiger partial charge < -0.3 is 9.47 Å². The van der Waals surface area contributed by atoms with Gasteiger partial charge in [-0.15, -0.1) is 0 Å². The molecule has 0 bridgehead atoms. The van der Waals surface area contributed by atoms with Crippen molar-refractivity contribution in [2.45, 2.75) is 33.8 Å². The van der Waals surface area contributed by atoms with Gasteiger partial charge in [0, 0.05) is 6.92 Å². The number of hydrogen-bond acceptors (Lipinski definition) is 5. The first-order valence-electron chi connectivity index (χ1n) is 6.51. The first-order chi connectivity index (χ1) is 9.79. The molecule has 0 aliphatic carbocycles. The summed E-state index contributed by atoms with van der Waals surface area (Å²) in [5.74, 6) is -1.04. The number of esters is 2. The molecular formula is C16H18O5. The van der Waals surface area contributed by atoms with Crippen LogP contribution in [0.2, 0.25) is 0 Å². The van der Waals surface area contributed by atoms with E-state index in [1.807, 2.05) is 0 Å². The molecule has 0 aliphatic rings. The summed E-state index contributed by atoms with van der Waals surface area (Å²) in [6.45, 7) is 6.04. The van der Waals surface area contributed by atoms with Crippen LogP contribution in [0.1, 0.15) is 33.3 Å². The fourth-order valence-corrected chi connectivity index (χ4v) is 1.55. The quantitative estimate of drug-likeness (QED) is 0.274. The van der Waals surface area contributed by atoms with Crippen molar-refractivity contribution in [3.05, 3.63) is 35.4 Å². The SMILES string of the molecule is CC(=O)Oc1ccc(/C=C(/C(C)=O)C(=O)OC(C)C)cc1. The second-order valence-corrected chi connectivity index (χ2v) is 4.73. The second-order valence-electron chi connectivity index (χ2n) is 4.73. The van der Waals surface area contributed by atoms with Crippen LogP contribution in [-0.4, -0.2) is 23.8 Å². The lowest BCUT2D eigenvalue weighted by atomic mass is 10.1. The summed E-state index contributed by atoms with van der Waals surface area (Å²) >= 11 is 0. The maximum absolute atomic E-state index is 11.8. The number of benzene rings is 1. The molecule has 1 aromatic carbocycles. The van der Waals surface area contributed by atoms with E-state index >= 15 is 0 Å². The maximum atomic E-state index is 11.8.